The Balaban J connectivity index is 0.000000317. The number of alkyl halides is 6. The predicted octanol–water partition coefficient (Wildman–Crippen LogP) is 3.18. The number of carboxylic acid groups (broad SMARTS) is 2. The monoisotopic (exact) mass is 607 g/mol. The van der Waals surface area contributed by atoms with Crippen LogP contribution < -0.4 is 4.74 Å². The fraction of sp³-hybridized carbons (Fsp3) is 0.524. The normalized spacial score (nSPS) is 19.6. The third-order valence-corrected chi connectivity index (χ3v) is 9.37. The van der Waals surface area contributed by atoms with E-state index < -0.39 is 38.9 Å². The summed E-state index contributed by atoms with van der Waals surface area (Å²) in [6.07, 6.45) is -7.82. The highest BCUT2D eigenvalue weighted by Crippen LogP contribution is 2.45. The van der Waals surface area contributed by atoms with Gasteiger partial charge in [0.2, 0.25) is 5.88 Å². The minimum atomic E-state index is -5.08. The summed E-state index contributed by atoms with van der Waals surface area (Å²) < 4.78 is 94.0. The molecule has 2 N–H and O–H groups in total. The van der Waals surface area contributed by atoms with Crippen molar-refractivity contribution in [1.29, 1.82) is 0 Å². The fourth-order valence-corrected chi connectivity index (χ4v) is 7.10. The molecule has 0 saturated carbocycles. The van der Waals surface area contributed by atoms with Crippen LogP contribution in [0.25, 0.3) is 0 Å². The first-order chi connectivity index (χ1) is 17.9. The molecule has 39 heavy (non-hydrogen) atoms. The Hall–Kier alpha value is -2.99. The van der Waals surface area contributed by atoms with Crippen molar-refractivity contribution in [2.75, 3.05) is 25.4 Å². The summed E-state index contributed by atoms with van der Waals surface area (Å²) in [7, 11) is -3.08. The average molecular weight is 608 g/mol. The van der Waals surface area contributed by atoms with Crippen molar-refractivity contribution in [3.05, 3.63) is 40.5 Å². The lowest BCUT2D eigenvalue weighted by Gasteiger charge is -2.49. The van der Waals surface area contributed by atoms with Gasteiger partial charge < -0.3 is 14.9 Å². The highest BCUT2D eigenvalue weighted by atomic mass is 32.2. The number of hydrogen-bond donors (Lipinski definition) is 2. The molecule has 4 heterocycles. The van der Waals surface area contributed by atoms with Gasteiger partial charge in [-0.15, -0.1) is 11.3 Å². The lowest BCUT2D eigenvalue weighted by molar-refractivity contribution is -0.193. The van der Waals surface area contributed by atoms with Gasteiger partial charge >= 0.3 is 24.3 Å². The van der Waals surface area contributed by atoms with Crippen LogP contribution in [0, 0.1) is 12.8 Å². The summed E-state index contributed by atoms with van der Waals surface area (Å²) >= 11 is 1.63. The molecule has 0 bridgehead atoms. The number of carbonyl (C=O) groups is 2. The zero-order chi connectivity index (χ0) is 29.6. The van der Waals surface area contributed by atoms with Crippen LogP contribution in [0.2, 0.25) is 0 Å². The number of carboxylic acids is 2. The van der Waals surface area contributed by atoms with Crippen molar-refractivity contribution in [3.63, 3.8) is 0 Å². The molecular formula is C21H23F6N3O7S2. The van der Waals surface area contributed by atoms with Gasteiger partial charge in [0.1, 0.15) is 4.75 Å². The van der Waals surface area contributed by atoms with E-state index in [-0.39, 0.29) is 11.7 Å². The Kier molecular flexibility index (Phi) is 10.3. The second-order valence-electron chi connectivity index (χ2n) is 8.46. The number of rotatable bonds is 5. The fourth-order valence-electron chi connectivity index (χ4n) is 3.83. The molecule has 218 valence electrons. The zero-order valence-corrected chi connectivity index (χ0v) is 21.7. The number of hydrogen-bond acceptors (Lipinski definition) is 9. The number of sulfone groups is 1. The molecule has 1 unspecified atom stereocenters. The molecule has 2 aliphatic rings. The quantitative estimate of drug-likeness (QED) is 0.486. The smallest absolute Gasteiger partial charge is 0.477 e. The first-order valence-corrected chi connectivity index (χ1v) is 13.4. The highest BCUT2D eigenvalue weighted by molar-refractivity contribution is 7.93. The number of thiazole rings is 1. The van der Waals surface area contributed by atoms with E-state index in [9.17, 15) is 34.8 Å². The van der Waals surface area contributed by atoms with Gasteiger partial charge in [-0.25, -0.2) is 28.0 Å². The lowest BCUT2D eigenvalue weighted by atomic mass is 9.83. The molecule has 2 saturated heterocycles. The van der Waals surface area contributed by atoms with E-state index in [2.05, 4.69) is 14.9 Å². The standard InChI is InChI=1S/C17H21N3O3S2.2C2HF3O2/c1-13-15(24-12-19-13)8-20-10-17(11-20)14(5-7-25(17,21)22)9-23-16-4-2-3-6-18-16;2*3-2(4,5)1(6)7/h2-4,6,12,14H,5,7-11H2,1H3;2*(H,6,7). The van der Waals surface area contributed by atoms with Gasteiger partial charge in [0.05, 0.1) is 23.6 Å². The Morgan fingerprint density at radius 1 is 1.10 bits per heavy atom. The molecule has 18 heteroatoms. The predicted molar refractivity (Wildman–Crippen MR) is 124 cm³/mol. The molecule has 2 aliphatic heterocycles. The SMILES string of the molecule is Cc1ncsc1CN1CC2(C1)C(COc1ccccn1)CCS2(=O)=O.O=C(O)C(F)(F)F.O=C(O)C(F)(F)F. The van der Waals surface area contributed by atoms with Crippen molar-refractivity contribution >= 4 is 33.1 Å². The van der Waals surface area contributed by atoms with Gasteiger partial charge in [0, 0.05) is 42.7 Å². The van der Waals surface area contributed by atoms with E-state index in [1.54, 1.807) is 23.6 Å². The third-order valence-electron chi connectivity index (χ3n) is 5.85. The van der Waals surface area contributed by atoms with Crippen molar-refractivity contribution in [3.8, 4) is 5.88 Å². The van der Waals surface area contributed by atoms with Crippen LogP contribution in [-0.2, 0) is 26.0 Å². The largest absolute Gasteiger partial charge is 0.490 e. The van der Waals surface area contributed by atoms with Gasteiger partial charge in [-0.05, 0) is 19.4 Å². The first kappa shape index (κ1) is 32.2. The number of aliphatic carboxylic acids is 2. The van der Waals surface area contributed by atoms with E-state index in [0.717, 1.165) is 12.2 Å². The van der Waals surface area contributed by atoms with Crippen LogP contribution in [0.5, 0.6) is 5.88 Å². The van der Waals surface area contributed by atoms with E-state index >= 15 is 0 Å². The second-order valence-corrected chi connectivity index (χ2v) is 11.9. The number of ether oxygens (including phenoxy) is 1. The van der Waals surface area contributed by atoms with Gasteiger partial charge in [0.15, 0.2) is 9.84 Å². The molecule has 1 spiro atoms. The molecule has 2 fully saturated rings. The van der Waals surface area contributed by atoms with Gasteiger partial charge in [-0.1, -0.05) is 6.07 Å². The Bertz CT molecular complexity index is 1210. The van der Waals surface area contributed by atoms with E-state index in [1.165, 1.54) is 4.88 Å². The maximum absolute atomic E-state index is 12.7. The number of halogens is 6. The molecule has 0 aliphatic carbocycles. The maximum atomic E-state index is 12.7. The summed E-state index contributed by atoms with van der Waals surface area (Å²) in [4.78, 5) is 29.6. The van der Waals surface area contributed by atoms with Gasteiger partial charge in [-0.3, -0.25) is 4.90 Å². The summed E-state index contributed by atoms with van der Waals surface area (Å²) in [6, 6.07) is 5.50. The maximum Gasteiger partial charge on any atom is 0.490 e. The molecule has 10 nitrogen and oxygen atoms in total. The molecule has 2 aromatic rings. The molecule has 0 aromatic carbocycles. The summed E-state index contributed by atoms with van der Waals surface area (Å²) in [5.74, 6) is -4.67. The Labute approximate surface area is 222 Å². The van der Waals surface area contributed by atoms with E-state index in [1.807, 2.05) is 24.6 Å². The highest BCUT2D eigenvalue weighted by Gasteiger charge is 2.61. The first-order valence-electron chi connectivity index (χ1n) is 10.9. The summed E-state index contributed by atoms with van der Waals surface area (Å²) in [5, 5.41) is 14.2. The topological polar surface area (TPSA) is 147 Å². The van der Waals surface area contributed by atoms with Crippen molar-refractivity contribution in [2.45, 2.75) is 37.0 Å². The van der Waals surface area contributed by atoms with E-state index in [4.69, 9.17) is 24.5 Å². The number of pyridine rings is 1. The molecule has 0 radical (unpaired) electrons. The van der Waals surface area contributed by atoms with Crippen LogP contribution >= 0.6 is 11.3 Å². The summed E-state index contributed by atoms with van der Waals surface area (Å²) in [5.41, 5.74) is 2.88. The molecular weight excluding hydrogens is 584 g/mol. The average Bonchev–Trinajstić information content (AvgIpc) is 3.32. The zero-order valence-electron chi connectivity index (χ0n) is 20.1. The lowest BCUT2D eigenvalue weighted by Crippen LogP contribution is -2.67. The Morgan fingerprint density at radius 3 is 2.10 bits per heavy atom. The number of nitrogens with zero attached hydrogens (tertiary/aromatic N) is 3. The van der Waals surface area contributed by atoms with Crippen molar-refractivity contribution < 1.29 is 59.3 Å². The van der Waals surface area contributed by atoms with Crippen LogP contribution in [0.15, 0.2) is 29.9 Å². The van der Waals surface area contributed by atoms with Crippen LogP contribution in [0.1, 0.15) is 17.0 Å². The minimum Gasteiger partial charge on any atom is -0.477 e. The van der Waals surface area contributed by atoms with Crippen molar-refractivity contribution in [1.82, 2.24) is 14.9 Å². The Morgan fingerprint density at radius 2 is 1.67 bits per heavy atom. The molecule has 2 aromatic heterocycles. The van der Waals surface area contributed by atoms with Crippen LogP contribution in [-0.4, -0.2) is 88.0 Å². The van der Waals surface area contributed by atoms with Gasteiger partial charge in [-0.2, -0.15) is 26.3 Å². The molecule has 1 atom stereocenters. The number of aromatic nitrogens is 2. The molecule has 0 amide bonds. The van der Waals surface area contributed by atoms with Crippen molar-refractivity contribution in [2.24, 2.45) is 5.92 Å². The molecule has 4 rings (SSSR count). The number of aryl methyl sites for hydroxylation is 1. The number of likely N-dealkylation sites (tertiary alicyclic amines) is 1. The van der Waals surface area contributed by atoms with Crippen LogP contribution in [0.4, 0.5) is 26.3 Å². The third kappa shape index (κ3) is 8.50. The second kappa shape index (κ2) is 12.5. The summed E-state index contributed by atoms with van der Waals surface area (Å²) in [6.45, 7) is 4.36. The minimum absolute atomic E-state index is 0.0262. The van der Waals surface area contributed by atoms with Gasteiger partial charge in [0.25, 0.3) is 0 Å². The van der Waals surface area contributed by atoms with E-state index in [0.29, 0.717) is 32.0 Å². The van der Waals surface area contributed by atoms with Crippen LogP contribution in [0.3, 0.4) is 0 Å².